The van der Waals surface area contributed by atoms with Crippen LogP contribution < -0.4 is 5.32 Å². The molecule has 0 spiro atoms. The molecule has 0 saturated carbocycles. The third kappa shape index (κ3) is 4.28. The number of hydrogen-bond donors (Lipinski definition) is 2. The highest BCUT2D eigenvalue weighted by Gasteiger charge is 2.26. The van der Waals surface area contributed by atoms with Crippen molar-refractivity contribution in [2.45, 2.75) is 64.6 Å². The number of piperidine rings is 1. The number of likely N-dealkylation sites (tertiary alicyclic amines) is 1. The van der Waals surface area contributed by atoms with Gasteiger partial charge < -0.3 is 10.4 Å². The molecule has 100 valence electrons. The lowest BCUT2D eigenvalue weighted by molar-refractivity contribution is -0.127. The van der Waals surface area contributed by atoms with Gasteiger partial charge in [-0.05, 0) is 39.2 Å². The van der Waals surface area contributed by atoms with E-state index >= 15 is 0 Å². The van der Waals surface area contributed by atoms with Crippen molar-refractivity contribution in [3.05, 3.63) is 0 Å². The summed E-state index contributed by atoms with van der Waals surface area (Å²) in [5.41, 5.74) is 0. The number of amides is 1. The fourth-order valence-corrected chi connectivity index (χ4v) is 2.32. The Morgan fingerprint density at radius 2 is 2.12 bits per heavy atom. The van der Waals surface area contributed by atoms with Crippen LogP contribution in [0.3, 0.4) is 0 Å². The van der Waals surface area contributed by atoms with E-state index in [1.165, 1.54) is 0 Å². The van der Waals surface area contributed by atoms with Crippen LogP contribution in [0, 0.1) is 0 Å². The topological polar surface area (TPSA) is 52.6 Å². The minimum absolute atomic E-state index is 0.0906. The van der Waals surface area contributed by atoms with Crippen LogP contribution >= 0.6 is 0 Å². The standard InChI is InChI=1S/C13H26N2O2/c1-4-11(5-2)14-13(17)10(3)15-8-6-7-12(16)9-15/h10-12,16H,4-9H2,1-3H3,(H,14,17). The highest BCUT2D eigenvalue weighted by Crippen LogP contribution is 2.13. The predicted octanol–water partition coefficient (Wildman–Crippen LogP) is 1.14. The smallest absolute Gasteiger partial charge is 0.237 e. The van der Waals surface area contributed by atoms with Crippen LogP contribution in [0.4, 0.5) is 0 Å². The number of aliphatic hydroxyl groups is 1. The first-order valence-corrected chi connectivity index (χ1v) is 6.80. The summed E-state index contributed by atoms with van der Waals surface area (Å²) >= 11 is 0. The van der Waals surface area contributed by atoms with E-state index in [9.17, 15) is 9.90 Å². The van der Waals surface area contributed by atoms with E-state index in [0.717, 1.165) is 32.2 Å². The molecule has 2 unspecified atom stereocenters. The molecule has 2 N–H and O–H groups in total. The fraction of sp³-hybridized carbons (Fsp3) is 0.923. The quantitative estimate of drug-likeness (QED) is 0.760. The first-order valence-electron chi connectivity index (χ1n) is 6.80. The zero-order valence-electron chi connectivity index (χ0n) is 11.3. The molecule has 1 aliphatic rings. The molecule has 1 aliphatic heterocycles. The molecule has 1 saturated heterocycles. The molecule has 0 aliphatic carbocycles. The van der Waals surface area contributed by atoms with E-state index in [2.05, 4.69) is 24.1 Å². The van der Waals surface area contributed by atoms with Gasteiger partial charge in [0.05, 0.1) is 12.1 Å². The Kier molecular flexibility index (Phi) is 5.92. The van der Waals surface area contributed by atoms with E-state index < -0.39 is 0 Å². The second-order valence-corrected chi connectivity index (χ2v) is 4.99. The molecular weight excluding hydrogens is 216 g/mol. The predicted molar refractivity (Wildman–Crippen MR) is 68.8 cm³/mol. The number of aliphatic hydroxyl groups excluding tert-OH is 1. The second-order valence-electron chi connectivity index (χ2n) is 4.99. The summed E-state index contributed by atoms with van der Waals surface area (Å²) < 4.78 is 0. The normalized spacial score (nSPS) is 23.7. The average molecular weight is 242 g/mol. The molecule has 0 aromatic rings. The molecule has 17 heavy (non-hydrogen) atoms. The number of β-amino-alcohol motifs (C(OH)–C–C–N with tert-alkyl or cyclic N) is 1. The lowest BCUT2D eigenvalue weighted by Crippen LogP contribution is -2.51. The van der Waals surface area contributed by atoms with Crippen molar-refractivity contribution in [3.63, 3.8) is 0 Å². The van der Waals surface area contributed by atoms with Gasteiger partial charge in [-0.3, -0.25) is 9.69 Å². The van der Waals surface area contributed by atoms with Gasteiger partial charge in [0.15, 0.2) is 0 Å². The lowest BCUT2D eigenvalue weighted by Gasteiger charge is -2.34. The minimum atomic E-state index is -0.271. The van der Waals surface area contributed by atoms with Gasteiger partial charge in [-0.25, -0.2) is 0 Å². The van der Waals surface area contributed by atoms with Crippen molar-refractivity contribution in [2.75, 3.05) is 13.1 Å². The van der Waals surface area contributed by atoms with Crippen molar-refractivity contribution in [3.8, 4) is 0 Å². The van der Waals surface area contributed by atoms with Crippen LogP contribution in [0.5, 0.6) is 0 Å². The van der Waals surface area contributed by atoms with Crippen molar-refractivity contribution in [1.29, 1.82) is 0 Å². The summed E-state index contributed by atoms with van der Waals surface area (Å²) in [4.78, 5) is 14.1. The van der Waals surface area contributed by atoms with Gasteiger partial charge in [0, 0.05) is 12.6 Å². The van der Waals surface area contributed by atoms with Crippen LogP contribution in [0.1, 0.15) is 46.5 Å². The monoisotopic (exact) mass is 242 g/mol. The summed E-state index contributed by atoms with van der Waals surface area (Å²) in [6.45, 7) is 7.63. The molecule has 4 heteroatoms. The Morgan fingerprint density at radius 3 is 2.65 bits per heavy atom. The van der Waals surface area contributed by atoms with Crippen molar-refractivity contribution in [1.82, 2.24) is 10.2 Å². The third-order valence-electron chi connectivity index (χ3n) is 3.69. The van der Waals surface area contributed by atoms with Crippen LogP contribution in [0.15, 0.2) is 0 Å². The van der Waals surface area contributed by atoms with Gasteiger partial charge >= 0.3 is 0 Å². The Hall–Kier alpha value is -0.610. The van der Waals surface area contributed by atoms with E-state index in [4.69, 9.17) is 0 Å². The van der Waals surface area contributed by atoms with Gasteiger partial charge in [-0.15, -0.1) is 0 Å². The molecule has 1 heterocycles. The van der Waals surface area contributed by atoms with E-state index in [1.54, 1.807) is 0 Å². The number of hydrogen-bond acceptors (Lipinski definition) is 3. The fourth-order valence-electron chi connectivity index (χ4n) is 2.32. The Balaban J connectivity index is 2.45. The second kappa shape index (κ2) is 6.97. The van der Waals surface area contributed by atoms with Crippen molar-refractivity contribution in [2.24, 2.45) is 0 Å². The van der Waals surface area contributed by atoms with Crippen LogP contribution in [-0.4, -0.2) is 47.2 Å². The molecule has 1 rings (SSSR count). The van der Waals surface area contributed by atoms with Gasteiger partial charge in [0.1, 0.15) is 0 Å². The summed E-state index contributed by atoms with van der Waals surface area (Å²) in [5, 5.41) is 12.7. The summed E-state index contributed by atoms with van der Waals surface area (Å²) in [5.74, 6) is 0.0906. The molecule has 0 aromatic heterocycles. The maximum atomic E-state index is 12.0. The summed E-state index contributed by atoms with van der Waals surface area (Å²) in [6.07, 6.45) is 3.50. The lowest BCUT2D eigenvalue weighted by atomic mass is 10.1. The highest BCUT2D eigenvalue weighted by molar-refractivity contribution is 5.81. The molecule has 0 bridgehead atoms. The molecule has 4 nitrogen and oxygen atoms in total. The summed E-state index contributed by atoms with van der Waals surface area (Å²) in [6, 6.07) is 0.144. The Labute approximate surface area is 104 Å². The van der Waals surface area contributed by atoms with Gasteiger partial charge in [0.2, 0.25) is 5.91 Å². The van der Waals surface area contributed by atoms with E-state index in [-0.39, 0.29) is 24.1 Å². The van der Waals surface area contributed by atoms with E-state index in [0.29, 0.717) is 6.54 Å². The zero-order chi connectivity index (χ0) is 12.8. The Morgan fingerprint density at radius 1 is 1.47 bits per heavy atom. The number of nitrogens with one attached hydrogen (secondary N) is 1. The van der Waals surface area contributed by atoms with Gasteiger partial charge in [-0.2, -0.15) is 0 Å². The number of nitrogens with zero attached hydrogens (tertiary/aromatic N) is 1. The molecule has 0 aromatic carbocycles. The molecule has 2 atom stereocenters. The van der Waals surface area contributed by atoms with Gasteiger partial charge in [-0.1, -0.05) is 13.8 Å². The number of carbonyl (C=O) groups excluding carboxylic acids is 1. The SMILES string of the molecule is CCC(CC)NC(=O)C(C)N1CCCC(O)C1. The van der Waals surface area contributed by atoms with E-state index in [1.807, 2.05) is 6.92 Å². The summed E-state index contributed by atoms with van der Waals surface area (Å²) in [7, 11) is 0. The average Bonchev–Trinajstić information content (AvgIpc) is 2.34. The number of carbonyl (C=O) groups is 1. The highest BCUT2D eigenvalue weighted by atomic mass is 16.3. The maximum absolute atomic E-state index is 12.0. The Bertz CT molecular complexity index is 242. The molecule has 1 fully saturated rings. The van der Waals surface area contributed by atoms with Gasteiger partial charge in [0.25, 0.3) is 0 Å². The minimum Gasteiger partial charge on any atom is -0.392 e. The zero-order valence-corrected chi connectivity index (χ0v) is 11.3. The molecule has 1 amide bonds. The first kappa shape index (κ1) is 14.5. The van der Waals surface area contributed by atoms with Crippen molar-refractivity contribution >= 4 is 5.91 Å². The third-order valence-corrected chi connectivity index (χ3v) is 3.69. The number of rotatable bonds is 5. The molecule has 0 radical (unpaired) electrons. The molecular formula is C13H26N2O2. The largest absolute Gasteiger partial charge is 0.392 e. The van der Waals surface area contributed by atoms with Crippen LogP contribution in [0.25, 0.3) is 0 Å². The first-order chi connectivity index (χ1) is 8.08. The van der Waals surface area contributed by atoms with Crippen LogP contribution in [0.2, 0.25) is 0 Å². The van der Waals surface area contributed by atoms with Crippen LogP contribution in [-0.2, 0) is 4.79 Å². The van der Waals surface area contributed by atoms with Crippen molar-refractivity contribution < 1.29 is 9.90 Å². The maximum Gasteiger partial charge on any atom is 0.237 e.